The maximum absolute atomic E-state index is 13.0. The highest BCUT2D eigenvalue weighted by Gasteiger charge is 2.23. The Morgan fingerprint density at radius 2 is 1.43 bits per heavy atom. The fourth-order valence-electron chi connectivity index (χ4n) is 3.87. The van der Waals surface area contributed by atoms with E-state index in [-0.39, 0.29) is 17.3 Å². The summed E-state index contributed by atoms with van der Waals surface area (Å²) in [6.07, 6.45) is 0. The molecule has 0 aliphatic heterocycles. The number of amides is 1. The van der Waals surface area contributed by atoms with Crippen molar-refractivity contribution in [2.24, 2.45) is 5.84 Å². The fraction of sp³-hybridized carbons (Fsp3) is 0.138. The van der Waals surface area contributed by atoms with Crippen molar-refractivity contribution in [1.29, 1.82) is 0 Å². The summed E-state index contributed by atoms with van der Waals surface area (Å²) >= 11 is 0. The Balaban J connectivity index is 1.45. The van der Waals surface area contributed by atoms with E-state index in [1.165, 1.54) is 17.1 Å². The number of sulfonamides is 1. The number of nitrogens with zero attached hydrogens (tertiary/aromatic N) is 1. The summed E-state index contributed by atoms with van der Waals surface area (Å²) in [6.45, 7) is 4.09. The van der Waals surface area contributed by atoms with Crippen LogP contribution in [-0.2, 0) is 22.1 Å². The van der Waals surface area contributed by atoms with Crippen LogP contribution in [0.4, 0.5) is 11.4 Å². The van der Waals surface area contributed by atoms with E-state index in [0.717, 1.165) is 11.1 Å². The minimum atomic E-state index is -3.69. The van der Waals surface area contributed by atoms with Crippen LogP contribution in [0.25, 0.3) is 0 Å². The van der Waals surface area contributed by atoms with Crippen molar-refractivity contribution >= 4 is 27.3 Å². The van der Waals surface area contributed by atoms with Gasteiger partial charge in [0.2, 0.25) is 10.0 Å². The van der Waals surface area contributed by atoms with Crippen molar-refractivity contribution in [3.05, 3.63) is 126 Å². The van der Waals surface area contributed by atoms with Crippen LogP contribution >= 0.6 is 0 Å². The monoisotopic (exact) mass is 514 g/mol. The van der Waals surface area contributed by atoms with Gasteiger partial charge in [0.05, 0.1) is 21.8 Å². The van der Waals surface area contributed by atoms with Crippen molar-refractivity contribution in [3.8, 4) is 0 Å². The van der Waals surface area contributed by atoms with Crippen LogP contribution in [0, 0.1) is 0 Å². The highest BCUT2D eigenvalue weighted by atomic mass is 32.2. The van der Waals surface area contributed by atoms with Gasteiger partial charge in [0, 0.05) is 12.1 Å². The van der Waals surface area contributed by atoms with E-state index in [2.05, 4.69) is 10.0 Å². The third kappa shape index (κ3) is 6.42. The maximum Gasteiger partial charge on any atom is 0.252 e. The molecule has 1 amide bonds. The summed E-state index contributed by atoms with van der Waals surface area (Å²) in [5, 5.41) is 4.48. The predicted octanol–water partition coefficient (Wildman–Crippen LogP) is 4.84. The summed E-state index contributed by atoms with van der Waals surface area (Å²) in [5.74, 6) is 6.11. The number of nitrogens with one attached hydrogen (secondary N) is 2. The normalized spacial score (nSPS) is 11.6. The Bertz CT molecular complexity index is 1460. The molecule has 7 nitrogen and oxygen atoms in total. The molecule has 0 saturated heterocycles. The molecule has 0 saturated carbocycles. The van der Waals surface area contributed by atoms with E-state index in [1.54, 1.807) is 36.4 Å². The molecule has 4 aromatic rings. The maximum atomic E-state index is 13.0. The Kier molecular flexibility index (Phi) is 7.73. The molecule has 0 aliphatic rings. The van der Waals surface area contributed by atoms with E-state index in [4.69, 9.17) is 5.84 Å². The average molecular weight is 515 g/mol. The first-order valence-corrected chi connectivity index (χ1v) is 13.3. The zero-order valence-electron chi connectivity index (χ0n) is 20.8. The molecule has 190 valence electrons. The fourth-order valence-corrected chi connectivity index (χ4v) is 4.89. The van der Waals surface area contributed by atoms with E-state index >= 15 is 0 Å². The quantitative estimate of drug-likeness (QED) is 0.219. The molecule has 0 unspecified atom stereocenters. The smallest absolute Gasteiger partial charge is 0.252 e. The van der Waals surface area contributed by atoms with Crippen molar-refractivity contribution in [2.75, 3.05) is 5.01 Å². The third-order valence-corrected chi connectivity index (χ3v) is 7.46. The van der Waals surface area contributed by atoms with E-state index in [0.29, 0.717) is 16.9 Å². The van der Waals surface area contributed by atoms with E-state index < -0.39 is 15.6 Å². The van der Waals surface area contributed by atoms with Gasteiger partial charge in [-0.2, -0.15) is 0 Å². The lowest BCUT2D eigenvalue weighted by atomic mass is 9.94. The number of nitrogens with two attached hydrogens (primary N) is 1. The Morgan fingerprint density at radius 1 is 0.811 bits per heavy atom. The van der Waals surface area contributed by atoms with Crippen LogP contribution < -0.4 is 20.9 Å². The largest absolute Gasteiger partial charge is 0.343 e. The summed E-state index contributed by atoms with van der Waals surface area (Å²) in [6, 6.07) is 32.3. The molecular formula is C29H30N4O3S. The molecule has 0 aromatic heterocycles. The van der Waals surface area contributed by atoms with Gasteiger partial charge < -0.3 is 5.32 Å². The minimum Gasteiger partial charge on any atom is -0.343 e. The van der Waals surface area contributed by atoms with E-state index in [1.807, 2.05) is 74.5 Å². The lowest BCUT2D eigenvalue weighted by Gasteiger charge is -2.27. The van der Waals surface area contributed by atoms with Gasteiger partial charge in [-0.25, -0.2) is 19.0 Å². The molecule has 4 N–H and O–H groups in total. The van der Waals surface area contributed by atoms with Gasteiger partial charge >= 0.3 is 0 Å². The van der Waals surface area contributed by atoms with Gasteiger partial charge in [-0.3, -0.25) is 9.80 Å². The van der Waals surface area contributed by atoms with Gasteiger partial charge in [-0.15, -0.1) is 0 Å². The Hall–Kier alpha value is -3.98. The molecule has 0 spiro atoms. The zero-order chi connectivity index (χ0) is 26.5. The van der Waals surface area contributed by atoms with Gasteiger partial charge in [0.25, 0.3) is 5.91 Å². The molecule has 0 aliphatic carbocycles. The first kappa shape index (κ1) is 26.1. The lowest BCUT2D eigenvalue weighted by molar-refractivity contribution is 0.0912. The van der Waals surface area contributed by atoms with Gasteiger partial charge in [-0.05, 0) is 67.4 Å². The Labute approximate surface area is 218 Å². The molecule has 0 atom stereocenters. The number of hydrazine groups is 1. The number of hydrogen-bond acceptors (Lipinski definition) is 5. The number of hydrogen-bond donors (Lipinski definition) is 3. The highest BCUT2D eigenvalue weighted by molar-refractivity contribution is 7.89. The second-order valence-electron chi connectivity index (χ2n) is 9.17. The third-order valence-electron chi connectivity index (χ3n) is 6.04. The highest BCUT2D eigenvalue weighted by Crippen LogP contribution is 2.25. The molecule has 37 heavy (non-hydrogen) atoms. The van der Waals surface area contributed by atoms with Gasteiger partial charge in [-0.1, -0.05) is 66.7 Å². The van der Waals surface area contributed by atoms with E-state index in [9.17, 15) is 13.2 Å². The lowest BCUT2D eigenvalue weighted by Crippen LogP contribution is -2.41. The number of anilines is 2. The summed E-state index contributed by atoms with van der Waals surface area (Å²) in [4.78, 5) is 13.2. The predicted molar refractivity (Wildman–Crippen MR) is 147 cm³/mol. The molecule has 4 aromatic carbocycles. The summed E-state index contributed by atoms with van der Waals surface area (Å²) < 4.78 is 28.0. The van der Waals surface area contributed by atoms with Crippen LogP contribution in [0.1, 0.15) is 35.3 Å². The molecule has 0 bridgehead atoms. The van der Waals surface area contributed by atoms with Crippen LogP contribution in [-0.4, -0.2) is 14.3 Å². The summed E-state index contributed by atoms with van der Waals surface area (Å²) in [5.41, 5.74) is 2.92. The average Bonchev–Trinajstić information content (AvgIpc) is 2.92. The van der Waals surface area contributed by atoms with Crippen LogP contribution in [0.3, 0.4) is 0 Å². The van der Waals surface area contributed by atoms with Crippen molar-refractivity contribution in [1.82, 2.24) is 10.0 Å². The first-order valence-electron chi connectivity index (χ1n) is 11.8. The molecule has 8 heteroatoms. The molecule has 0 fully saturated rings. The minimum absolute atomic E-state index is 0.136. The number of carbonyl (C=O) groups excluding carboxylic acids is 1. The van der Waals surface area contributed by atoms with Crippen LogP contribution in [0.15, 0.2) is 114 Å². The first-order chi connectivity index (χ1) is 17.7. The van der Waals surface area contributed by atoms with Gasteiger partial charge in [0.15, 0.2) is 0 Å². The second kappa shape index (κ2) is 11.0. The summed E-state index contributed by atoms with van der Waals surface area (Å²) in [7, 11) is -3.69. The molecule has 0 heterocycles. The second-order valence-corrected chi connectivity index (χ2v) is 10.9. The van der Waals surface area contributed by atoms with Crippen molar-refractivity contribution in [3.63, 3.8) is 0 Å². The van der Waals surface area contributed by atoms with Gasteiger partial charge in [0.1, 0.15) is 0 Å². The zero-order valence-corrected chi connectivity index (χ0v) is 21.6. The number of carbonyl (C=O) groups is 1. The van der Waals surface area contributed by atoms with Crippen molar-refractivity contribution < 1.29 is 13.2 Å². The topological polar surface area (TPSA) is 105 Å². The van der Waals surface area contributed by atoms with Crippen LogP contribution in [0.2, 0.25) is 0 Å². The molecule has 0 radical (unpaired) electrons. The SMILES string of the molecule is CC(C)(NC(=O)c1cccc(N(N)c2ccc(S(=O)(=O)NCc3ccccc3)cc2)c1)c1ccccc1. The van der Waals surface area contributed by atoms with Crippen LogP contribution in [0.5, 0.6) is 0 Å². The van der Waals surface area contributed by atoms with Crippen molar-refractivity contribution in [2.45, 2.75) is 30.8 Å². The number of rotatable bonds is 9. The Morgan fingerprint density at radius 3 is 2.08 bits per heavy atom. The molecule has 4 rings (SSSR count). The molecular weight excluding hydrogens is 484 g/mol. The standard InChI is InChI=1S/C29H30N4O3S/c1-29(2,24-13-7-4-8-14-24)32-28(34)23-12-9-15-26(20-23)33(30)25-16-18-27(19-17-25)37(35,36)31-21-22-10-5-3-6-11-22/h3-20,31H,21,30H2,1-2H3,(H,32,34). The number of benzene rings is 4.